The largest absolute Gasteiger partial charge is 0.391 e. The van der Waals surface area contributed by atoms with E-state index < -0.39 is 29.5 Å². The van der Waals surface area contributed by atoms with Crippen LogP contribution in [0, 0.1) is 18.2 Å². The van der Waals surface area contributed by atoms with E-state index in [2.05, 4.69) is 54.5 Å². The summed E-state index contributed by atoms with van der Waals surface area (Å²) in [4.78, 5) is 64.3. The van der Waals surface area contributed by atoms with E-state index >= 15 is 4.39 Å². The molecule has 0 aliphatic carbocycles. The Kier molecular flexibility index (Phi) is 19.4. The summed E-state index contributed by atoms with van der Waals surface area (Å²) < 4.78 is 40.4. The Bertz CT molecular complexity index is 2790. The minimum atomic E-state index is -0.926. The van der Waals surface area contributed by atoms with Crippen LogP contribution in [0.5, 0.6) is 0 Å². The van der Waals surface area contributed by atoms with Gasteiger partial charge in [-0.15, -0.1) is 11.8 Å². The van der Waals surface area contributed by atoms with Gasteiger partial charge in [0.05, 0.1) is 92.9 Å². The number of nitrogens with one attached hydrogen (secondary N) is 2. The van der Waals surface area contributed by atoms with Crippen LogP contribution in [0.15, 0.2) is 77.9 Å². The molecule has 5 N–H and O–H groups in total. The summed E-state index contributed by atoms with van der Waals surface area (Å²) in [5.74, 6) is -0.320. The molecule has 408 valence electrons. The number of ether oxygens (including phenoxy) is 4. The molecule has 21 heteroatoms. The first-order valence-electron chi connectivity index (χ1n) is 26.1. The van der Waals surface area contributed by atoms with Gasteiger partial charge in [-0.05, 0) is 66.8 Å². The number of hydrogen-bond donors (Lipinski definition) is 4. The molecule has 6 heterocycles. The molecule has 3 amide bonds. The molecule has 2 saturated heterocycles. The fourth-order valence-corrected chi connectivity index (χ4v) is 10.6. The van der Waals surface area contributed by atoms with Crippen LogP contribution in [0.2, 0.25) is 0 Å². The van der Waals surface area contributed by atoms with E-state index in [0.717, 1.165) is 36.5 Å². The number of halogens is 1. The van der Waals surface area contributed by atoms with Crippen molar-refractivity contribution in [1.82, 2.24) is 40.0 Å². The molecule has 8 rings (SSSR count). The highest BCUT2D eigenvalue weighted by Crippen LogP contribution is 2.37. The first-order valence-corrected chi connectivity index (χ1v) is 27.0. The lowest BCUT2D eigenvalue weighted by atomic mass is 9.85. The highest BCUT2D eigenvalue weighted by molar-refractivity contribution is 8.12. The summed E-state index contributed by atoms with van der Waals surface area (Å²) in [7, 11) is 0. The summed E-state index contributed by atoms with van der Waals surface area (Å²) >= 11 is 1.69. The van der Waals surface area contributed by atoms with Crippen molar-refractivity contribution < 1.29 is 42.8 Å². The van der Waals surface area contributed by atoms with Crippen LogP contribution in [0.1, 0.15) is 62.7 Å². The first-order chi connectivity index (χ1) is 36.6. The Morgan fingerprint density at radius 1 is 0.882 bits per heavy atom. The van der Waals surface area contributed by atoms with Crippen LogP contribution in [0.3, 0.4) is 0 Å². The van der Waals surface area contributed by atoms with Crippen molar-refractivity contribution in [2.45, 2.75) is 83.5 Å². The Hall–Kier alpha value is -6.07. The lowest BCUT2D eigenvalue weighted by Crippen LogP contribution is -2.57. The number of carbonyl (C=O) groups excluding carboxylic acids is 3. The third kappa shape index (κ3) is 14.7. The van der Waals surface area contributed by atoms with Crippen LogP contribution in [0.4, 0.5) is 15.9 Å². The highest BCUT2D eigenvalue weighted by Gasteiger charge is 2.44. The number of aryl methyl sites for hydroxylation is 1. The minimum absolute atomic E-state index is 0.00117. The van der Waals surface area contributed by atoms with Crippen molar-refractivity contribution in [2.75, 3.05) is 103 Å². The van der Waals surface area contributed by atoms with Gasteiger partial charge in [0, 0.05) is 76.5 Å². The van der Waals surface area contributed by atoms with Crippen LogP contribution in [0.25, 0.3) is 28.1 Å². The van der Waals surface area contributed by atoms with Gasteiger partial charge in [-0.1, -0.05) is 45.0 Å². The number of nitrogen functional groups attached to an aromatic ring is 1. The topological polar surface area (TPSA) is 224 Å². The maximum absolute atomic E-state index is 15.8. The van der Waals surface area contributed by atoms with Crippen LogP contribution in [-0.2, 0) is 39.9 Å². The molecule has 0 bridgehead atoms. The maximum Gasteiger partial charge on any atom is 0.246 e. The third-order valence-corrected chi connectivity index (χ3v) is 15.0. The van der Waals surface area contributed by atoms with E-state index in [-0.39, 0.29) is 68.1 Å². The smallest absolute Gasteiger partial charge is 0.246 e. The molecular weight excluding hydrogens is 994 g/mol. The zero-order valence-electron chi connectivity index (χ0n) is 44.2. The summed E-state index contributed by atoms with van der Waals surface area (Å²) in [6, 6.07) is 19.2. The van der Waals surface area contributed by atoms with Crippen molar-refractivity contribution in [3.8, 4) is 16.9 Å². The second-order valence-corrected chi connectivity index (χ2v) is 21.4. The summed E-state index contributed by atoms with van der Waals surface area (Å²) in [5.41, 5.74) is 13.3. The number of likely N-dealkylation sites (tertiary alicyclic amines) is 1. The van der Waals surface area contributed by atoms with Crippen molar-refractivity contribution >= 4 is 57.7 Å². The Morgan fingerprint density at radius 3 is 2.24 bits per heavy atom. The number of piperazine rings is 1. The maximum atomic E-state index is 15.8. The predicted molar refractivity (Wildman–Crippen MR) is 292 cm³/mol. The minimum Gasteiger partial charge on any atom is -0.391 e. The molecule has 0 saturated carbocycles. The number of carbonyl (C=O) groups is 3. The summed E-state index contributed by atoms with van der Waals surface area (Å²) in [5, 5.41) is 16.7. The number of aromatic nitrogens is 4. The average molecular weight is 1070 g/mol. The number of aliphatic hydroxyl groups excluding tert-OH is 1. The number of nitrogens with two attached hydrogens (primary N) is 1. The van der Waals surface area contributed by atoms with Gasteiger partial charge in [0.2, 0.25) is 17.7 Å². The predicted octanol–water partition coefficient (Wildman–Crippen LogP) is 5.10. The SMILES string of the molecule is Cc1nc2ccc(-c3ccnc(N)c3)nc2n1-c1ccc(N2CCN(CCOCCOCCOCCOCCC(=O)N[C@H](C(=O)N3C[C@H](O)C[C@H]3C(=O)NCc3ccc(C4SC=NC4C)cc3)C(C)(C)C)CC2)c(F)c1. The van der Waals surface area contributed by atoms with Gasteiger partial charge in [-0.2, -0.15) is 0 Å². The zero-order valence-corrected chi connectivity index (χ0v) is 45.0. The van der Waals surface area contributed by atoms with E-state index in [9.17, 15) is 19.5 Å². The number of imidazole rings is 1. The van der Waals surface area contributed by atoms with Gasteiger partial charge < -0.3 is 50.2 Å². The Morgan fingerprint density at radius 2 is 1.58 bits per heavy atom. The monoisotopic (exact) mass is 1070 g/mol. The molecule has 3 aromatic heterocycles. The molecule has 76 heavy (non-hydrogen) atoms. The number of β-amino-alcohol motifs (C(OH)–C–C–N with tert-alkyl or cyclic N) is 1. The van der Waals surface area contributed by atoms with Gasteiger partial charge in [0.25, 0.3) is 0 Å². The molecule has 2 aromatic carbocycles. The summed E-state index contributed by atoms with van der Waals surface area (Å²) in [6.45, 7) is 16.5. The molecule has 2 fully saturated rings. The van der Waals surface area contributed by atoms with Gasteiger partial charge in [0.15, 0.2) is 5.65 Å². The van der Waals surface area contributed by atoms with Crippen molar-refractivity contribution in [2.24, 2.45) is 10.4 Å². The quantitative estimate of drug-likeness (QED) is 0.0590. The molecule has 5 aromatic rings. The summed E-state index contributed by atoms with van der Waals surface area (Å²) in [6.07, 6.45) is 0.926. The number of benzene rings is 2. The molecule has 5 atom stereocenters. The highest BCUT2D eigenvalue weighted by atomic mass is 32.2. The number of aliphatic imine (C=N–C) groups is 1. The number of pyridine rings is 2. The van der Waals surface area contributed by atoms with E-state index in [1.807, 2.05) is 80.3 Å². The molecule has 2 unspecified atom stereocenters. The lowest BCUT2D eigenvalue weighted by Gasteiger charge is -2.36. The zero-order chi connectivity index (χ0) is 53.8. The number of hydrogen-bond acceptors (Lipinski definition) is 16. The van der Waals surface area contributed by atoms with E-state index in [4.69, 9.17) is 29.7 Å². The van der Waals surface area contributed by atoms with E-state index in [1.54, 1.807) is 30.1 Å². The molecule has 3 aliphatic rings. The van der Waals surface area contributed by atoms with Crippen molar-refractivity contribution in [3.05, 3.63) is 95.7 Å². The second-order valence-electron chi connectivity index (χ2n) is 20.4. The number of nitrogens with zero attached hydrogens (tertiary/aromatic N) is 8. The number of anilines is 2. The number of aliphatic hydroxyl groups is 1. The first kappa shape index (κ1) is 56.1. The lowest BCUT2D eigenvalue weighted by molar-refractivity contribution is -0.144. The van der Waals surface area contributed by atoms with Crippen LogP contribution < -0.4 is 21.3 Å². The van der Waals surface area contributed by atoms with Gasteiger partial charge in [-0.3, -0.25) is 28.8 Å². The van der Waals surface area contributed by atoms with Crippen molar-refractivity contribution in [1.29, 1.82) is 0 Å². The number of fused-ring (bicyclic) bond motifs is 1. The molecule has 0 spiro atoms. The molecular formula is C55H72FN11O8S. The Labute approximate surface area is 448 Å². The van der Waals surface area contributed by atoms with Crippen LogP contribution >= 0.6 is 11.8 Å². The standard InChI is InChI=1S/C55H72FN11O8S/c1-36-50(76-35-60-36)39-8-6-38(7-9-39)33-59-53(70)47-32-42(68)34-66(47)54(71)51(55(3,4)5)63-49(69)15-22-72-24-26-74-28-29-75-27-25-73-23-21-64-17-19-65(20-18-64)46-13-10-41(31-43(46)56)67-37(2)61-45-12-11-44(62-52(45)67)40-14-16-58-48(57)30-40/h6-14,16,30-31,35-36,42,47,50-51,68H,15,17-29,32-34H2,1-5H3,(H2,57,58)(H,59,70)(H,63,69)/t36?,42-,47+,50?,51-/m1/s1. The average Bonchev–Trinajstić information content (AvgIpc) is 4.17. The van der Waals surface area contributed by atoms with Crippen molar-refractivity contribution in [3.63, 3.8) is 0 Å². The van der Waals surface area contributed by atoms with Gasteiger partial charge in [-0.25, -0.2) is 19.3 Å². The van der Waals surface area contributed by atoms with Gasteiger partial charge >= 0.3 is 0 Å². The fourth-order valence-electron chi connectivity index (χ4n) is 9.60. The fraction of sp³-hybridized carbons (Fsp3) is 0.509. The molecule has 3 aliphatic heterocycles. The van der Waals surface area contributed by atoms with Crippen LogP contribution in [-0.4, -0.2) is 174 Å². The molecule has 19 nitrogen and oxygen atoms in total. The number of rotatable bonds is 24. The number of amides is 3. The Balaban J connectivity index is 0.652. The van der Waals surface area contributed by atoms with E-state index in [1.165, 1.54) is 10.5 Å². The number of thioether (sulfide) groups is 1. The van der Waals surface area contributed by atoms with E-state index in [0.29, 0.717) is 86.9 Å². The normalized spacial score (nSPS) is 19.4. The van der Waals surface area contributed by atoms with Gasteiger partial charge in [0.1, 0.15) is 35.1 Å². The molecule has 0 radical (unpaired) electrons. The second kappa shape index (κ2) is 26.3. The third-order valence-electron chi connectivity index (χ3n) is 13.8.